The normalized spacial score (nSPS) is 20.8. The molecule has 0 atom stereocenters. The number of fused-ring (bicyclic) bond motifs is 1. The monoisotopic (exact) mass is 563 g/mol. The molecule has 210 valence electrons. The Hall–Kier alpha value is -3.03. The van der Waals surface area contributed by atoms with E-state index in [4.69, 9.17) is 9.84 Å². The van der Waals surface area contributed by atoms with Crippen molar-refractivity contribution >= 4 is 33.3 Å². The van der Waals surface area contributed by atoms with Gasteiger partial charge in [0.2, 0.25) is 10.0 Å². The molecule has 3 N–H and O–H groups in total. The molecular formula is C26H31F2N5O5S. The second kappa shape index (κ2) is 9.56. The lowest BCUT2D eigenvalue weighted by Gasteiger charge is -2.40. The number of piperidine rings is 1. The largest absolute Gasteiger partial charge is 0.489 e. The number of pyridine rings is 1. The van der Waals surface area contributed by atoms with Crippen molar-refractivity contribution in [3.63, 3.8) is 0 Å². The summed E-state index contributed by atoms with van der Waals surface area (Å²) >= 11 is 0. The molecule has 1 saturated carbocycles. The van der Waals surface area contributed by atoms with Crippen molar-refractivity contribution in [2.45, 2.75) is 42.9 Å². The number of amides is 1. The van der Waals surface area contributed by atoms with Crippen LogP contribution < -0.4 is 24.6 Å². The Morgan fingerprint density at radius 2 is 1.85 bits per heavy atom. The molecule has 39 heavy (non-hydrogen) atoms. The van der Waals surface area contributed by atoms with Gasteiger partial charge in [-0.15, -0.1) is 0 Å². The smallest absolute Gasteiger partial charge is 0.282 e. The van der Waals surface area contributed by atoms with Gasteiger partial charge in [-0.3, -0.25) is 4.79 Å². The number of halogens is 2. The summed E-state index contributed by atoms with van der Waals surface area (Å²) < 4.78 is 60.7. The molecule has 6 rings (SSSR count). The summed E-state index contributed by atoms with van der Waals surface area (Å²) in [6, 6.07) is 6.03. The van der Waals surface area contributed by atoms with Gasteiger partial charge < -0.3 is 25.0 Å². The molecule has 2 saturated heterocycles. The van der Waals surface area contributed by atoms with Crippen molar-refractivity contribution in [3.05, 3.63) is 35.4 Å². The molecule has 10 nitrogen and oxygen atoms in total. The van der Waals surface area contributed by atoms with Crippen LogP contribution in [0.5, 0.6) is 5.75 Å². The van der Waals surface area contributed by atoms with Gasteiger partial charge in [0.05, 0.1) is 42.4 Å². The van der Waals surface area contributed by atoms with Gasteiger partial charge in [0, 0.05) is 31.6 Å². The Kier molecular flexibility index (Phi) is 6.42. The van der Waals surface area contributed by atoms with Crippen LogP contribution in [0, 0.1) is 5.41 Å². The quantitative estimate of drug-likeness (QED) is 0.447. The topological polar surface area (TPSA) is 124 Å². The molecule has 1 spiro atoms. The summed E-state index contributed by atoms with van der Waals surface area (Å²) in [5, 5.41) is 11.9. The Labute approximate surface area is 225 Å². The molecule has 1 amide bonds. The van der Waals surface area contributed by atoms with E-state index in [1.165, 1.54) is 35.9 Å². The average molecular weight is 564 g/mol. The zero-order valence-corrected chi connectivity index (χ0v) is 22.2. The van der Waals surface area contributed by atoms with Crippen LogP contribution in [0.1, 0.15) is 41.6 Å². The molecular weight excluding hydrogens is 532 g/mol. The summed E-state index contributed by atoms with van der Waals surface area (Å²) in [4.78, 5) is 21.5. The van der Waals surface area contributed by atoms with Crippen LogP contribution in [0.25, 0.3) is 0 Å². The highest BCUT2D eigenvalue weighted by atomic mass is 32.2. The molecule has 3 aliphatic heterocycles. The number of carbonyl (C=O) groups is 1. The second-order valence-corrected chi connectivity index (χ2v) is 12.6. The van der Waals surface area contributed by atoms with Crippen LogP contribution >= 0.6 is 0 Å². The van der Waals surface area contributed by atoms with Crippen LogP contribution in [0.3, 0.4) is 0 Å². The van der Waals surface area contributed by atoms with E-state index in [1.807, 2.05) is 4.90 Å². The predicted octanol–water partition coefficient (Wildman–Crippen LogP) is 2.38. The van der Waals surface area contributed by atoms with E-state index < -0.39 is 34.9 Å². The highest BCUT2D eigenvalue weighted by Gasteiger charge is 2.46. The van der Waals surface area contributed by atoms with Crippen molar-refractivity contribution in [2.75, 3.05) is 61.1 Å². The number of anilines is 3. The Morgan fingerprint density at radius 1 is 1.10 bits per heavy atom. The fraction of sp³-hybridized carbons (Fsp3) is 0.538. The van der Waals surface area contributed by atoms with Gasteiger partial charge in [0.1, 0.15) is 5.82 Å². The number of nitrogens with one attached hydrogen (secondary N) is 2. The van der Waals surface area contributed by atoms with E-state index in [2.05, 4.69) is 15.0 Å². The summed E-state index contributed by atoms with van der Waals surface area (Å²) in [5.74, 6) is -2.29. The first kappa shape index (κ1) is 26.2. The standard InChI is InChI=1S/C26H31F2N5O5S/c27-26(28)15-33(16-26)23-22-17(3-12-38-22)13-21(30-23)31-24(35)19-2-1-18(39(36,37)29-8-11-34)14-20(19)32-9-6-25(4-5-25)7-10-32/h1-2,13-14,29,34H,3-12,15-16H2,(H,30,31,35). The third kappa shape index (κ3) is 5.14. The first-order valence-electron chi connectivity index (χ1n) is 13.2. The van der Waals surface area contributed by atoms with Gasteiger partial charge in [0.15, 0.2) is 11.6 Å². The Balaban J connectivity index is 1.30. The maximum Gasteiger partial charge on any atom is 0.282 e. The minimum Gasteiger partial charge on any atom is -0.489 e. The van der Waals surface area contributed by atoms with Crippen LogP contribution in [-0.2, 0) is 16.4 Å². The lowest BCUT2D eigenvalue weighted by molar-refractivity contribution is -0.0269. The molecule has 0 radical (unpaired) electrons. The minimum absolute atomic E-state index is 0.00279. The number of rotatable bonds is 8. The number of nitrogens with zero attached hydrogens (tertiary/aromatic N) is 3. The van der Waals surface area contributed by atoms with Gasteiger partial charge >= 0.3 is 0 Å². The van der Waals surface area contributed by atoms with Gasteiger partial charge in [-0.2, -0.15) is 0 Å². The van der Waals surface area contributed by atoms with Crippen LogP contribution in [0.15, 0.2) is 29.2 Å². The number of ether oxygens (including phenoxy) is 1. The van der Waals surface area contributed by atoms with Gasteiger partial charge in [-0.25, -0.2) is 26.9 Å². The number of aliphatic hydroxyl groups is 1. The first-order valence-corrected chi connectivity index (χ1v) is 14.7. The number of hydrogen-bond acceptors (Lipinski definition) is 8. The first-order chi connectivity index (χ1) is 18.6. The zero-order valence-electron chi connectivity index (χ0n) is 21.4. The van der Waals surface area contributed by atoms with Gasteiger partial charge in [-0.1, -0.05) is 0 Å². The number of aliphatic hydroxyl groups excluding tert-OH is 1. The lowest BCUT2D eigenvalue weighted by atomic mass is 9.93. The molecule has 0 bridgehead atoms. The number of hydrogen-bond donors (Lipinski definition) is 3. The Bertz CT molecular complexity index is 1400. The maximum absolute atomic E-state index is 13.6. The maximum atomic E-state index is 13.6. The van der Waals surface area contributed by atoms with E-state index in [0.29, 0.717) is 48.5 Å². The summed E-state index contributed by atoms with van der Waals surface area (Å²) in [5.41, 5.74) is 1.96. The molecule has 2 aromatic rings. The fourth-order valence-electron chi connectivity index (χ4n) is 5.60. The SMILES string of the molecule is O=C(Nc1cc2c(c(N3CC(F)(F)C3)n1)OCC2)c1ccc(S(=O)(=O)NCCO)cc1N1CCC2(CC1)CC2. The second-order valence-electron chi connectivity index (χ2n) is 10.9. The molecule has 3 fully saturated rings. The Morgan fingerprint density at radius 3 is 2.51 bits per heavy atom. The van der Waals surface area contributed by atoms with Crippen molar-refractivity contribution in [1.29, 1.82) is 0 Å². The van der Waals surface area contributed by atoms with E-state index in [1.54, 1.807) is 6.07 Å². The van der Waals surface area contributed by atoms with Crippen molar-refractivity contribution < 1.29 is 31.8 Å². The highest BCUT2D eigenvalue weighted by Crippen LogP contribution is 2.54. The van der Waals surface area contributed by atoms with Crippen molar-refractivity contribution in [3.8, 4) is 5.75 Å². The van der Waals surface area contributed by atoms with Crippen LogP contribution in [0.4, 0.5) is 26.1 Å². The lowest BCUT2D eigenvalue weighted by Crippen LogP contribution is -2.56. The van der Waals surface area contributed by atoms with E-state index in [-0.39, 0.29) is 29.7 Å². The zero-order chi connectivity index (χ0) is 27.4. The molecule has 1 aliphatic carbocycles. The molecule has 1 aromatic carbocycles. The van der Waals surface area contributed by atoms with Gasteiger partial charge in [0.25, 0.3) is 11.8 Å². The summed E-state index contributed by atoms with van der Waals surface area (Å²) in [6.45, 7) is 0.432. The summed E-state index contributed by atoms with van der Waals surface area (Å²) in [7, 11) is -3.88. The van der Waals surface area contributed by atoms with Crippen molar-refractivity contribution in [2.24, 2.45) is 5.41 Å². The number of benzene rings is 1. The molecule has 0 unspecified atom stereocenters. The molecule has 4 aliphatic rings. The van der Waals surface area contributed by atoms with E-state index in [9.17, 15) is 22.0 Å². The number of sulfonamides is 1. The number of aromatic nitrogens is 1. The molecule has 1 aromatic heterocycles. The summed E-state index contributed by atoms with van der Waals surface area (Å²) in [6.07, 6.45) is 4.93. The van der Waals surface area contributed by atoms with Crippen LogP contribution in [0.2, 0.25) is 0 Å². The van der Waals surface area contributed by atoms with Gasteiger partial charge in [-0.05, 0) is 55.4 Å². The molecule has 13 heteroatoms. The average Bonchev–Trinajstić information content (AvgIpc) is 3.47. The third-order valence-corrected chi connectivity index (χ3v) is 9.54. The predicted molar refractivity (Wildman–Crippen MR) is 140 cm³/mol. The van der Waals surface area contributed by atoms with Crippen molar-refractivity contribution in [1.82, 2.24) is 9.71 Å². The highest BCUT2D eigenvalue weighted by molar-refractivity contribution is 7.89. The minimum atomic E-state index is -3.88. The van der Waals surface area contributed by atoms with E-state index in [0.717, 1.165) is 18.4 Å². The van der Waals surface area contributed by atoms with Crippen LogP contribution in [-0.4, -0.2) is 76.3 Å². The number of alkyl halides is 2. The molecule has 4 heterocycles. The van der Waals surface area contributed by atoms with E-state index >= 15 is 0 Å². The fourth-order valence-corrected chi connectivity index (χ4v) is 6.64. The third-order valence-electron chi connectivity index (χ3n) is 8.09. The number of carbonyl (C=O) groups excluding carboxylic acids is 1.